The predicted octanol–water partition coefficient (Wildman–Crippen LogP) is 0.282. The molecule has 1 heterocycles. The minimum absolute atomic E-state index is 0.211. The summed E-state index contributed by atoms with van der Waals surface area (Å²) in [4.78, 5) is 23.5. The molecule has 98 valence electrons. The quantitative estimate of drug-likeness (QED) is 0.783. The van der Waals surface area contributed by atoms with E-state index in [1.54, 1.807) is 13.2 Å². The van der Waals surface area contributed by atoms with Gasteiger partial charge in [0.05, 0.1) is 0 Å². The van der Waals surface area contributed by atoms with Crippen molar-refractivity contribution in [1.29, 1.82) is 0 Å². The monoisotopic (exact) mass is 249 g/mol. The number of hydrogen-bond donors (Lipinski definition) is 1. The molecule has 0 saturated heterocycles. The highest BCUT2D eigenvalue weighted by atomic mass is 16.2. The summed E-state index contributed by atoms with van der Waals surface area (Å²) >= 11 is 0. The van der Waals surface area contributed by atoms with Crippen molar-refractivity contribution in [2.24, 2.45) is 14.1 Å². The summed E-state index contributed by atoms with van der Waals surface area (Å²) in [5.41, 5.74) is 0.135. The standard InChI is InChI=1S/C13H19N3O2/c1-15-9-10(12(17)16(2)13(15)18)8-14-11-6-4-3-5-7-11/h3-4,9,11,14H,5-8H2,1-2H3. The van der Waals surface area contributed by atoms with Gasteiger partial charge < -0.3 is 9.88 Å². The molecule has 1 N–H and O–H groups in total. The summed E-state index contributed by atoms with van der Waals surface area (Å²) in [6.07, 6.45) is 9.16. The minimum atomic E-state index is -0.288. The fraction of sp³-hybridized carbons (Fsp3) is 0.538. The zero-order valence-corrected chi connectivity index (χ0v) is 10.8. The SMILES string of the molecule is Cn1cc(CNC2CC=CCC2)c(=O)n(C)c1=O. The molecule has 0 spiro atoms. The average Bonchev–Trinajstić information content (AvgIpc) is 2.40. The first-order chi connectivity index (χ1) is 8.59. The van der Waals surface area contributed by atoms with E-state index in [4.69, 9.17) is 0 Å². The molecule has 5 nitrogen and oxygen atoms in total. The van der Waals surface area contributed by atoms with E-state index in [1.165, 1.54) is 11.6 Å². The van der Waals surface area contributed by atoms with Crippen molar-refractivity contribution < 1.29 is 0 Å². The Balaban J connectivity index is 2.12. The maximum Gasteiger partial charge on any atom is 0.330 e. The lowest BCUT2D eigenvalue weighted by atomic mass is 10.0. The molecule has 5 heteroatoms. The van der Waals surface area contributed by atoms with Gasteiger partial charge in [0.1, 0.15) is 0 Å². The molecule has 0 aromatic carbocycles. The van der Waals surface area contributed by atoms with Crippen LogP contribution in [-0.4, -0.2) is 15.2 Å². The molecule has 1 aliphatic rings. The molecule has 0 saturated carbocycles. The molecule has 1 aromatic heterocycles. The van der Waals surface area contributed by atoms with E-state index in [0.717, 1.165) is 23.8 Å². The smallest absolute Gasteiger partial charge is 0.309 e. The average molecular weight is 249 g/mol. The largest absolute Gasteiger partial charge is 0.330 e. The highest BCUT2D eigenvalue weighted by Gasteiger charge is 2.11. The zero-order chi connectivity index (χ0) is 13.1. The Morgan fingerprint density at radius 3 is 2.78 bits per heavy atom. The number of nitrogens with zero attached hydrogens (tertiary/aromatic N) is 2. The van der Waals surface area contributed by atoms with Crippen LogP contribution in [0.2, 0.25) is 0 Å². The van der Waals surface area contributed by atoms with Crippen molar-refractivity contribution >= 4 is 0 Å². The molecule has 0 amide bonds. The van der Waals surface area contributed by atoms with E-state index < -0.39 is 0 Å². The van der Waals surface area contributed by atoms with Gasteiger partial charge in [-0.25, -0.2) is 4.79 Å². The summed E-state index contributed by atoms with van der Waals surface area (Å²) in [6.45, 7) is 0.513. The van der Waals surface area contributed by atoms with Crippen LogP contribution < -0.4 is 16.6 Å². The van der Waals surface area contributed by atoms with Crippen molar-refractivity contribution in [3.8, 4) is 0 Å². The number of hydrogen-bond acceptors (Lipinski definition) is 3. The third-order valence-corrected chi connectivity index (χ3v) is 3.37. The second-order valence-corrected chi connectivity index (χ2v) is 4.77. The van der Waals surface area contributed by atoms with Crippen LogP contribution in [-0.2, 0) is 20.6 Å². The van der Waals surface area contributed by atoms with Crippen LogP contribution in [0.5, 0.6) is 0 Å². The molecule has 0 bridgehead atoms. The van der Waals surface area contributed by atoms with Gasteiger partial charge in [0.25, 0.3) is 5.56 Å². The second-order valence-electron chi connectivity index (χ2n) is 4.77. The first kappa shape index (κ1) is 12.8. The van der Waals surface area contributed by atoms with Crippen LogP contribution in [0.25, 0.3) is 0 Å². The minimum Gasteiger partial charge on any atom is -0.309 e. The molecule has 1 aliphatic carbocycles. The fourth-order valence-corrected chi connectivity index (χ4v) is 2.24. The van der Waals surface area contributed by atoms with Crippen molar-refractivity contribution in [1.82, 2.24) is 14.5 Å². The van der Waals surface area contributed by atoms with Crippen LogP contribution in [0, 0.1) is 0 Å². The lowest BCUT2D eigenvalue weighted by Crippen LogP contribution is -2.40. The lowest BCUT2D eigenvalue weighted by Gasteiger charge is -2.19. The van der Waals surface area contributed by atoms with Crippen LogP contribution in [0.3, 0.4) is 0 Å². The van der Waals surface area contributed by atoms with E-state index >= 15 is 0 Å². The van der Waals surface area contributed by atoms with Gasteiger partial charge in [-0.05, 0) is 19.3 Å². The van der Waals surface area contributed by atoms with Gasteiger partial charge in [0.2, 0.25) is 0 Å². The number of aryl methyl sites for hydroxylation is 1. The van der Waals surface area contributed by atoms with Crippen molar-refractivity contribution in [2.75, 3.05) is 0 Å². The van der Waals surface area contributed by atoms with E-state index in [0.29, 0.717) is 18.2 Å². The van der Waals surface area contributed by atoms with Gasteiger partial charge >= 0.3 is 5.69 Å². The molecule has 0 aliphatic heterocycles. The molecule has 0 fully saturated rings. The van der Waals surface area contributed by atoms with Gasteiger partial charge in [-0.1, -0.05) is 12.2 Å². The maximum absolute atomic E-state index is 11.9. The topological polar surface area (TPSA) is 56.0 Å². The Hall–Kier alpha value is -1.62. The number of aromatic nitrogens is 2. The Kier molecular flexibility index (Phi) is 3.81. The summed E-state index contributed by atoms with van der Waals surface area (Å²) in [5, 5.41) is 3.37. The van der Waals surface area contributed by atoms with E-state index in [-0.39, 0.29) is 11.2 Å². The van der Waals surface area contributed by atoms with Gasteiger partial charge in [-0.3, -0.25) is 9.36 Å². The normalized spacial score (nSPS) is 19.1. The van der Waals surface area contributed by atoms with E-state index in [2.05, 4.69) is 17.5 Å². The number of allylic oxidation sites excluding steroid dienone is 1. The van der Waals surface area contributed by atoms with Crippen LogP contribution >= 0.6 is 0 Å². The third-order valence-electron chi connectivity index (χ3n) is 3.37. The molecule has 1 aromatic rings. The Morgan fingerprint density at radius 2 is 2.11 bits per heavy atom. The molecule has 1 atom stereocenters. The van der Waals surface area contributed by atoms with E-state index in [1.807, 2.05) is 0 Å². The molecular formula is C13H19N3O2. The second kappa shape index (κ2) is 5.35. The number of rotatable bonds is 3. The van der Waals surface area contributed by atoms with E-state index in [9.17, 15) is 9.59 Å². The Bertz CT molecular complexity index is 569. The lowest BCUT2D eigenvalue weighted by molar-refractivity contribution is 0.469. The summed E-state index contributed by atoms with van der Waals surface area (Å²) in [6, 6.07) is 0.428. The molecule has 2 rings (SSSR count). The molecule has 1 unspecified atom stereocenters. The van der Waals surface area contributed by atoms with Crippen LogP contribution in [0.1, 0.15) is 24.8 Å². The molecule has 0 radical (unpaired) electrons. The van der Waals surface area contributed by atoms with Crippen molar-refractivity contribution in [3.63, 3.8) is 0 Å². The summed E-state index contributed by atoms with van der Waals surface area (Å²) in [7, 11) is 3.17. The van der Waals surface area contributed by atoms with Gasteiger partial charge in [-0.15, -0.1) is 0 Å². The summed E-state index contributed by atoms with van der Waals surface area (Å²) < 4.78 is 2.59. The van der Waals surface area contributed by atoms with Gasteiger partial charge in [0, 0.05) is 38.4 Å². The molecule has 18 heavy (non-hydrogen) atoms. The van der Waals surface area contributed by atoms with Gasteiger partial charge in [-0.2, -0.15) is 0 Å². The predicted molar refractivity (Wildman–Crippen MR) is 70.5 cm³/mol. The van der Waals surface area contributed by atoms with Crippen molar-refractivity contribution in [2.45, 2.75) is 31.8 Å². The van der Waals surface area contributed by atoms with Gasteiger partial charge in [0.15, 0.2) is 0 Å². The fourth-order valence-electron chi connectivity index (χ4n) is 2.24. The first-order valence-electron chi connectivity index (χ1n) is 6.23. The molecular weight excluding hydrogens is 230 g/mol. The summed E-state index contributed by atoms with van der Waals surface area (Å²) in [5.74, 6) is 0. The first-order valence-corrected chi connectivity index (χ1v) is 6.23. The van der Waals surface area contributed by atoms with Crippen molar-refractivity contribution in [3.05, 3.63) is 44.8 Å². The third kappa shape index (κ3) is 2.61. The zero-order valence-electron chi connectivity index (χ0n) is 10.8. The highest BCUT2D eigenvalue weighted by molar-refractivity contribution is 5.06. The maximum atomic E-state index is 11.9. The Morgan fingerprint density at radius 1 is 1.33 bits per heavy atom. The van der Waals surface area contributed by atoms with Crippen LogP contribution in [0.15, 0.2) is 27.9 Å². The highest BCUT2D eigenvalue weighted by Crippen LogP contribution is 2.10. The number of nitrogens with one attached hydrogen (secondary N) is 1. The Labute approximate surface area is 106 Å². The van der Waals surface area contributed by atoms with Crippen LogP contribution in [0.4, 0.5) is 0 Å².